The highest BCUT2D eigenvalue weighted by Gasteiger charge is 2.40. The number of carbonyl (C=O) groups is 1. The zero-order valence-corrected chi connectivity index (χ0v) is 10.1. The van der Waals surface area contributed by atoms with Crippen molar-refractivity contribution in [3.05, 3.63) is 0 Å². The van der Waals surface area contributed by atoms with Crippen LogP contribution in [0.5, 0.6) is 0 Å². The molecule has 1 atom stereocenters. The van der Waals surface area contributed by atoms with Gasteiger partial charge in [0, 0.05) is 6.42 Å². The van der Waals surface area contributed by atoms with Crippen molar-refractivity contribution in [2.45, 2.75) is 58.4 Å². The number of piperidine rings is 1. The summed E-state index contributed by atoms with van der Waals surface area (Å²) in [5, 5.41) is 0. The van der Waals surface area contributed by atoms with Crippen LogP contribution in [0.4, 0.5) is 0 Å². The van der Waals surface area contributed by atoms with E-state index in [-0.39, 0.29) is 6.04 Å². The highest BCUT2D eigenvalue weighted by atomic mass is 16.1. The van der Waals surface area contributed by atoms with Crippen molar-refractivity contribution in [1.29, 1.82) is 0 Å². The highest BCUT2D eigenvalue weighted by Crippen LogP contribution is 2.48. The molecule has 0 aromatic carbocycles. The molecule has 1 saturated carbocycles. The summed E-state index contributed by atoms with van der Waals surface area (Å²) >= 11 is 0. The monoisotopic (exact) mass is 209 g/mol. The van der Waals surface area contributed by atoms with E-state index in [9.17, 15) is 4.79 Å². The van der Waals surface area contributed by atoms with Gasteiger partial charge in [-0.25, -0.2) is 0 Å². The van der Waals surface area contributed by atoms with Crippen LogP contribution in [-0.4, -0.2) is 29.8 Å². The summed E-state index contributed by atoms with van der Waals surface area (Å²) in [6, 6.07) is 0.160. The fourth-order valence-electron chi connectivity index (χ4n) is 3.06. The molecule has 1 unspecified atom stereocenters. The van der Waals surface area contributed by atoms with E-state index in [4.69, 9.17) is 0 Å². The van der Waals surface area contributed by atoms with Gasteiger partial charge in [-0.15, -0.1) is 0 Å². The Bertz CT molecular complexity index is 235. The Morgan fingerprint density at radius 1 is 1.27 bits per heavy atom. The normalized spacial score (nSPS) is 27.3. The molecule has 0 aromatic heterocycles. The minimum Gasteiger partial charge on any atom is -0.298 e. The summed E-state index contributed by atoms with van der Waals surface area (Å²) < 4.78 is 0. The molecule has 2 heteroatoms. The first-order valence-electron chi connectivity index (χ1n) is 6.44. The van der Waals surface area contributed by atoms with Gasteiger partial charge in [-0.3, -0.25) is 9.69 Å². The quantitative estimate of drug-likeness (QED) is 0.712. The van der Waals surface area contributed by atoms with Crippen molar-refractivity contribution >= 4 is 5.78 Å². The molecule has 0 N–H and O–H groups in total. The summed E-state index contributed by atoms with van der Waals surface area (Å²) in [5.41, 5.74) is 0.700. The molecule has 86 valence electrons. The highest BCUT2D eigenvalue weighted by molar-refractivity contribution is 5.83. The third kappa shape index (κ3) is 2.10. The van der Waals surface area contributed by atoms with Gasteiger partial charge in [0.2, 0.25) is 0 Å². The van der Waals surface area contributed by atoms with Gasteiger partial charge in [-0.1, -0.05) is 13.3 Å². The Labute approximate surface area is 93.0 Å². The smallest absolute Gasteiger partial charge is 0.149 e. The SMILES string of the molecule is CCC(=O)C(C)N1CCC2(CCC2)CC1. The average molecular weight is 209 g/mol. The molecule has 0 radical (unpaired) electrons. The van der Waals surface area contributed by atoms with E-state index in [1.54, 1.807) is 0 Å². The number of hydrogen-bond donors (Lipinski definition) is 0. The lowest BCUT2D eigenvalue weighted by molar-refractivity contribution is -0.124. The lowest BCUT2D eigenvalue weighted by atomic mass is 9.63. The van der Waals surface area contributed by atoms with E-state index in [0.29, 0.717) is 17.6 Å². The summed E-state index contributed by atoms with van der Waals surface area (Å²) in [4.78, 5) is 14.0. The van der Waals surface area contributed by atoms with Crippen LogP contribution in [-0.2, 0) is 4.79 Å². The summed E-state index contributed by atoms with van der Waals surface area (Å²) in [7, 11) is 0. The van der Waals surface area contributed by atoms with Gasteiger partial charge in [0.25, 0.3) is 0 Å². The van der Waals surface area contributed by atoms with Crippen LogP contribution in [0, 0.1) is 5.41 Å². The van der Waals surface area contributed by atoms with E-state index < -0.39 is 0 Å². The maximum Gasteiger partial charge on any atom is 0.149 e. The first kappa shape index (κ1) is 11.1. The second-order valence-corrected chi connectivity index (χ2v) is 5.39. The number of carbonyl (C=O) groups excluding carboxylic acids is 1. The summed E-state index contributed by atoms with van der Waals surface area (Å²) in [5.74, 6) is 0.402. The molecule has 0 aromatic rings. The number of nitrogens with zero attached hydrogens (tertiary/aromatic N) is 1. The van der Waals surface area contributed by atoms with Crippen LogP contribution >= 0.6 is 0 Å². The van der Waals surface area contributed by atoms with E-state index in [1.165, 1.54) is 32.1 Å². The zero-order valence-electron chi connectivity index (χ0n) is 10.1. The van der Waals surface area contributed by atoms with Crippen molar-refractivity contribution in [2.75, 3.05) is 13.1 Å². The van der Waals surface area contributed by atoms with Crippen molar-refractivity contribution in [2.24, 2.45) is 5.41 Å². The van der Waals surface area contributed by atoms with Gasteiger partial charge in [0.05, 0.1) is 6.04 Å². The molecule has 1 heterocycles. The Morgan fingerprint density at radius 2 is 1.87 bits per heavy atom. The van der Waals surface area contributed by atoms with Crippen molar-refractivity contribution < 1.29 is 4.79 Å². The Hall–Kier alpha value is -0.370. The second kappa shape index (κ2) is 4.25. The molecule has 15 heavy (non-hydrogen) atoms. The van der Waals surface area contributed by atoms with Crippen LogP contribution in [0.25, 0.3) is 0 Å². The minimum atomic E-state index is 0.160. The number of ketones is 1. The van der Waals surface area contributed by atoms with Crippen LogP contribution in [0.15, 0.2) is 0 Å². The lowest BCUT2D eigenvalue weighted by Crippen LogP contribution is -2.48. The first-order valence-corrected chi connectivity index (χ1v) is 6.44. The van der Waals surface area contributed by atoms with Crippen LogP contribution in [0.1, 0.15) is 52.4 Å². The van der Waals surface area contributed by atoms with Gasteiger partial charge in [-0.2, -0.15) is 0 Å². The molecule has 0 bridgehead atoms. The molecule has 1 aliphatic carbocycles. The Balaban J connectivity index is 1.84. The van der Waals surface area contributed by atoms with Crippen molar-refractivity contribution in [3.8, 4) is 0 Å². The molecule has 1 aliphatic heterocycles. The number of rotatable bonds is 3. The standard InChI is InChI=1S/C13H23NO/c1-3-12(15)11(2)14-9-7-13(8-10-14)5-4-6-13/h11H,3-10H2,1-2H3. The predicted molar refractivity (Wildman–Crippen MR) is 61.9 cm³/mol. The second-order valence-electron chi connectivity index (χ2n) is 5.39. The molecular formula is C13H23NO. The van der Waals surface area contributed by atoms with Gasteiger partial charge in [0.1, 0.15) is 5.78 Å². The minimum absolute atomic E-state index is 0.160. The predicted octanol–water partition coefficient (Wildman–Crippen LogP) is 2.62. The third-order valence-corrected chi connectivity index (χ3v) is 4.64. The Kier molecular flexibility index (Phi) is 3.15. The maximum absolute atomic E-state index is 11.6. The van der Waals surface area contributed by atoms with E-state index >= 15 is 0 Å². The maximum atomic E-state index is 11.6. The number of hydrogen-bond acceptors (Lipinski definition) is 2. The molecule has 1 spiro atoms. The third-order valence-electron chi connectivity index (χ3n) is 4.64. The average Bonchev–Trinajstić information content (AvgIpc) is 2.25. The van der Waals surface area contributed by atoms with Crippen LogP contribution < -0.4 is 0 Å². The topological polar surface area (TPSA) is 20.3 Å². The van der Waals surface area contributed by atoms with Crippen molar-refractivity contribution in [3.63, 3.8) is 0 Å². The summed E-state index contributed by atoms with van der Waals surface area (Å²) in [6.45, 7) is 6.33. The molecule has 2 aliphatic rings. The van der Waals surface area contributed by atoms with Gasteiger partial charge in [0.15, 0.2) is 0 Å². The molecule has 2 nitrogen and oxygen atoms in total. The fraction of sp³-hybridized carbons (Fsp3) is 0.923. The molecule has 2 fully saturated rings. The van der Waals surface area contributed by atoms with Gasteiger partial charge >= 0.3 is 0 Å². The van der Waals surface area contributed by atoms with E-state index in [0.717, 1.165) is 13.1 Å². The lowest BCUT2D eigenvalue weighted by Gasteiger charge is -2.49. The number of likely N-dealkylation sites (tertiary alicyclic amines) is 1. The number of Topliss-reactive ketones (excluding diaryl/α,β-unsaturated/α-hetero) is 1. The first-order chi connectivity index (χ1) is 7.17. The van der Waals surface area contributed by atoms with Gasteiger partial charge < -0.3 is 0 Å². The van der Waals surface area contributed by atoms with Crippen LogP contribution in [0.2, 0.25) is 0 Å². The van der Waals surface area contributed by atoms with Gasteiger partial charge in [-0.05, 0) is 51.1 Å². The molecule has 2 rings (SSSR count). The molecule has 1 saturated heterocycles. The molecular weight excluding hydrogens is 186 g/mol. The largest absolute Gasteiger partial charge is 0.298 e. The van der Waals surface area contributed by atoms with Crippen molar-refractivity contribution in [1.82, 2.24) is 4.90 Å². The fourth-order valence-corrected chi connectivity index (χ4v) is 3.06. The van der Waals surface area contributed by atoms with Crippen LogP contribution in [0.3, 0.4) is 0 Å². The zero-order chi connectivity index (χ0) is 10.9. The van der Waals surface area contributed by atoms with E-state index in [1.807, 2.05) is 6.92 Å². The Morgan fingerprint density at radius 3 is 2.27 bits per heavy atom. The summed E-state index contributed by atoms with van der Waals surface area (Å²) in [6.07, 6.45) is 7.66. The van der Waals surface area contributed by atoms with E-state index in [2.05, 4.69) is 11.8 Å². The molecule has 0 amide bonds.